The molecule has 1 aromatic carbocycles. The molecular formula is C17H17ClN4O3. The summed E-state index contributed by atoms with van der Waals surface area (Å²) in [4.78, 5) is 28.8. The third kappa shape index (κ3) is 3.83. The molecule has 3 rings (SSSR count). The molecule has 2 heterocycles. The van der Waals surface area contributed by atoms with E-state index in [2.05, 4.69) is 15.6 Å². The lowest BCUT2D eigenvalue weighted by Crippen LogP contribution is -2.37. The van der Waals surface area contributed by atoms with E-state index in [1.165, 1.54) is 0 Å². The molecular weight excluding hydrogens is 344 g/mol. The van der Waals surface area contributed by atoms with E-state index in [1.54, 1.807) is 30.5 Å². The fourth-order valence-electron chi connectivity index (χ4n) is 2.61. The Balaban J connectivity index is 1.78. The van der Waals surface area contributed by atoms with Gasteiger partial charge >= 0.3 is 12.1 Å². The van der Waals surface area contributed by atoms with Crippen molar-refractivity contribution in [1.29, 1.82) is 0 Å². The van der Waals surface area contributed by atoms with E-state index in [4.69, 9.17) is 16.3 Å². The number of benzene rings is 1. The summed E-state index contributed by atoms with van der Waals surface area (Å²) in [5.74, 6) is 1.26. The number of halogens is 1. The first kappa shape index (κ1) is 17.0. The van der Waals surface area contributed by atoms with Crippen LogP contribution >= 0.6 is 11.6 Å². The zero-order valence-corrected chi connectivity index (χ0v) is 14.6. The molecule has 1 fully saturated rings. The summed E-state index contributed by atoms with van der Waals surface area (Å²) in [7, 11) is 0. The van der Waals surface area contributed by atoms with Gasteiger partial charge in [0.15, 0.2) is 0 Å². The molecule has 0 saturated carbocycles. The molecule has 2 N–H and O–H groups in total. The highest BCUT2D eigenvalue weighted by Crippen LogP contribution is 2.32. The SMILES string of the molecule is Cc1cc(NC(=O)N2CCNC2=O)cc(C)c1Oc1ccnc(Cl)c1. The van der Waals surface area contributed by atoms with E-state index in [0.29, 0.717) is 35.4 Å². The van der Waals surface area contributed by atoms with Crippen molar-refractivity contribution >= 4 is 29.4 Å². The number of nitrogens with zero attached hydrogens (tertiary/aromatic N) is 2. The summed E-state index contributed by atoms with van der Waals surface area (Å²) in [6.45, 7) is 4.57. The highest BCUT2D eigenvalue weighted by atomic mass is 35.5. The van der Waals surface area contributed by atoms with E-state index < -0.39 is 6.03 Å². The zero-order valence-electron chi connectivity index (χ0n) is 13.8. The van der Waals surface area contributed by atoms with Crippen LogP contribution in [0.1, 0.15) is 11.1 Å². The molecule has 1 aliphatic heterocycles. The fraction of sp³-hybridized carbons (Fsp3) is 0.235. The van der Waals surface area contributed by atoms with Crippen molar-refractivity contribution in [2.75, 3.05) is 18.4 Å². The number of pyridine rings is 1. The predicted octanol–water partition coefficient (Wildman–Crippen LogP) is 3.70. The lowest BCUT2D eigenvalue weighted by Gasteiger charge is -2.17. The van der Waals surface area contributed by atoms with Gasteiger partial charge in [-0.15, -0.1) is 0 Å². The quantitative estimate of drug-likeness (QED) is 0.817. The highest BCUT2D eigenvalue weighted by molar-refractivity contribution is 6.29. The van der Waals surface area contributed by atoms with Crippen molar-refractivity contribution in [2.45, 2.75) is 13.8 Å². The standard InChI is InChI=1S/C17H17ClN4O3/c1-10-7-12(21-17(24)22-6-5-20-16(22)23)8-11(2)15(10)25-13-3-4-19-14(18)9-13/h3-4,7-9H,5-6H2,1-2H3,(H,20,23)(H,21,24). The second kappa shape index (κ2) is 6.98. The molecule has 25 heavy (non-hydrogen) atoms. The molecule has 1 aliphatic rings. The van der Waals surface area contributed by atoms with Gasteiger partial charge in [-0.3, -0.25) is 0 Å². The summed E-state index contributed by atoms with van der Waals surface area (Å²) in [5, 5.41) is 5.67. The van der Waals surface area contributed by atoms with Crippen molar-refractivity contribution < 1.29 is 14.3 Å². The van der Waals surface area contributed by atoms with Gasteiger partial charge in [-0.05, 0) is 43.2 Å². The smallest absolute Gasteiger partial charge is 0.330 e. The molecule has 0 atom stereocenters. The van der Waals surface area contributed by atoms with E-state index in [9.17, 15) is 9.59 Å². The Morgan fingerprint density at radius 2 is 2.04 bits per heavy atom. The summed E-state index contributed by atoms with van der Waals surface area (Å²) in [5.41, 5.74) is 2.28. The number of hydrogen-bond acceptors (Lipinski definition) is 4. The number of rotatable bonds is 3. The van der Waals surface area contributed by atoms with Crippen LogP contribution in [0.3, 0.4) is 0 Å². The first-order valence-electron chi connectivity index (χ1n) is 7.71. The number of hydrogen-bond donors (Lipinski definition) is 2. The van der Waals surface area contributed by atoms with Gasteiger partial charge in [-0.25, -0.2) is 19.5 Å². The average molecular weight is 361 g/mol. The third-order valence-corrected chi connectivity index (χ3v) is 3.94. The molecule has 7 nitrogen and oxygen atoms in total. The Bertz CT molecular complexity index is 817. The fourth-order valence-corrected chi connectivity index (χ4v) is 2.77. The van der Waals surface area contributed by atoms with E-state index in [0.717, 1.165) is 16.0 Å². The second-order valence-corrected chi connectivity index (χ2v) is 6.06. The van der Waals surface area contributed by atoms with Crippen LogP contribution in [0.4, 0.5) is 15.3 Å². The van der Waals surface area contributed by atoms with Crippen LogP contribution < -0.4 is 15.4 Å². The summed E-state index contributed by atoms with van der Waals surface area (Å²) in [6.07, 6.45) is 1.57. The summed E-state index contributed by atoms with van der Waals surface area (Å²) < 4.78 is 5.89. The number of aromatic nitrogens is 1. The molecule has 0 bridgehead atoms. The number of urea groups is 2. The minimum Gasteiger partial charge on any atom is -0.457 e. The first-order valence-corrected chi connectivity index (χ1v) is 8.09. The van der Waals surface area contributed by atoms with Gasteiger partial charge in [0.1, 0.15) is 16.7 Å². The number of aryl methyl sites for hydroxylation is 2. The number of carbonyl (C=O) groups is 2. The summed E-state index contributed by atoms with van der Waals surface area (Å²) >= 11 is 5.87. The minimum absolute atomic E-state index is 0.348. The number of amides is 4. The molecule has 4 amide bonds. The zero-order chi connectivity index (χ0) is 18.0. The molecule has 2 aromatic rings. The van der Waals surface area contributed by atoms with Gasteiger partial charge in [0.05, 0.1) is 0 Å². The molecule has 8 heteroatoms. The topological polar surface area (TPSA) is 83.6 Å². The van der Waals surface area contributed by atoms with Crippen LogP contribution in [0.2, 0.25) is 5.15 Å². The van der Waals surface area contributed by atoms with Crippen LogP contribution in [-0.4, -0.2) is 35.0 Å². The highest BCUT2D eigenvalue weighted by Gasteiger charge is 2.26. The maximum absolute atomic E-state index is 12.2. The molecule has 1 aromatic heterocycles. The van der Waals surface area contributed by atoms with E-state index >= 15 is 0 Å². The second-order valence-electron chi connectivity index (χ2n) is 5.67. The number of imide groups is 1. The van der Waals surface area contributed by atoms with Crippen molar-refractivity contribution in [3.05, 3.63) is 46.7 Å². The van der Waals surface area contributed by atoms with Gasteiger partial charge in [-0.2, -0.15) is 0 Å². The van der Waals surface area contributed by atoms with Crippen molar-refractivity contribution in [1.82, 2.24) is 15.2 Å². The molecule has 130 valence electrons. The molecule has 0 radical (unpaired) electrons. The number of carbonyl (C=O) groups excluding carboxylic acids is 2. The Morgan fingerprint density at radius 3 is 2.64 bits per heavy atom. The predicted molar refractivity (Wildman–Crippen MR) is 94.4 cm³/mol. The molecule has 1 saturated heterocycles. The maximum atomic E-state index is 12.2. The van der Waals surface area contributed by atoms with E-state index in [-0.39, 0.29) is 6.03 Å². The average Bonchev–Trinajstić information content (AvgIpc) is 2.97. The Labute approximate surface area is 149 Å². The van der Waals surface area contributed by atoms with Crippen LogP contribution in [0, 0.1) is 13.8 Å². The van der Waals surface area contributed by atoms with Crippen LogP contribution in [0.15, 0.2) is 30.5 Å². The van der Waals surface area contributed by atoms with E-state index in [1.807, 2.05) is 13.8 Å². The number of anilines is 1. The lowest BCUT2D eigenvalue weighted by atomic mass is 10.1. The lowest BCUT2D eigenvalue weighted by molar-refractivity contribution is 0.207. The third-order valence-electron chi connectivity index (χ3n) is 3.73. The first-order chi connectivity index (χ1) is 11.9. The minimum atomic E-state index is -0.455. The van der Waals surface area contributed by atoms with Crippen LogP contribution in [0.25, 0.3) is 0 Å². The molecule has 0 unspecified atom stereocenters. The van der Waals surface area contributed by atoms with Gasteiger partial charge in [0.2, 0.25) is 0 Å². The largest absolute Gasteiger partial charge is 0.457 e. The monoisotopic (exact) mass is 360 g/mol. The Morgan fingerprint density at radius 1 is 1.32 bits per heavy atom. The van der Waals surface area contributed by atoms with Crippen LogP contribution in [-0.2, 0) is 0 Å². The summed E-state index contributed by atoms with van der Waals surface area (Å²) in [6, 6.07) is 6.08. The molecule has 0 spiro atoms. The normalized spacial score (nSPS) is 13.6. The van der Waals surface area contributed by atoms with Crippen molar-refractivity contribution in [3.63, 3.8) is 0 Å². The van der Waals surface area contributed by atoms with Crippen molar-refractivity contribution in [2.24, 2.45) is 0 Å². The van der Waals surface area contributed by atoms with Gasteiger partial charge in [-0.1, -0.05) is 11.6 Å². The van der Waals surface area contributed by atoms with Gasteiger partial charge < -0.3 is 15.4 Å². The Hall–Kier alpha value is -2.80. The van der Waals surface area contributed by atoms with Gasteiger partial charge in [0, 0.05) is 31.0 Å². The van der Waals surface area contributed by atoms with Gasteiger partial charge in [0.25, 0.3) is 0 Å². The maximum Gasteiger partial charge on any atom is 0.330 e. The molecule has 0 aliphatic carbocycles. The number of nitrogens with one attached hydrogen (secondary N) is 2. The number of ether oxygens (including phenoxy) is 1. The van der Waals surface area contributed by atoms with Crippen LogP contribution in [0.5, 0.6) is 11.5 Å². The Kier molecular flexibility index (Phi) is 4.76. The van der Waals surface area contributed by atoms with Crippen molar-refractivity contribution in [3.8, 4) is 11.5 Å².